The molecule has 0 spiro atoms. The van der Waals surface area contributed by atoms with E-state index in [1.54, 1.807) is 32.2 Å². The van der Waals surface area contributed by atoms with Gasteiger partial charge in [-0.2, -0.15) is 0 Å². The van der Waals surface area contributed by atoms with Crippen LogP contribution in [0.3, 0.4) is 0 Å². The molecule has 39 heavy (non-hydrogen) atoms. The van der Waals surface area contributed by atoms with Gasteiger partial charge in [-0.25, -0.2) is 22.5 Å². The molecule has 12 heteroatoms. The number of pyridine rings is 3. The summed E-state index contributed by atoms with van der Waals surface area (Å²) in [6.45, 7) is 3.27. The van der Waals surface area contributed by atoms with Gasteiger partial charge in [-0.05, 0) is 49.7 Å². The summed E-state index contributed by atoms with van der Waals surface area (Å²) in [5.74, 6) is -0.957. The molecule has 1 aromatic carbocycles. The van der Waals surface area contributed by atoms with Crippen LogP contribution >= 0.6 is 0 Å². The van der Waals surface area contributed by atoms with E-state index in [0.717, 1.165) is 11.6 Å². The van der Waals surface area contributed by atoms with Crippen LogP contribution in [0, 0.1) is 19.7 Å². The number of aryl methyl sites for hydroxylation is 2. The van der Waals surface area contributed by atoms with Crippen LogP contribution in [0.4, 0.5) is 4.39 Å². The molecule has 0 radical (unpaired) electrons. The third-order valence-electron chi connectivity index (χ3n) is 6.39. The van der Waals surface area contributed by atoms with Gasteiger partial charge < -0.3 is 14.3 Å². The van der Waals surface area contributed by atoms with E-state index >= 15 is 0 Å². The van der Waals surface area contributed by atoms with Crippen LogP contribution in [0.15, 0.2) is 53.5 Å². The maximum atomic E-state index is 14.9. The monoisotopic (exact) mass is 549 g/mol. The van der Waals surface area contributed by atoms with Crippen molar-refractivity contribution >= 4 is 37.9 Å². The molecule has 2 N–H and O–H groups in total. The Bertz CT molecular complexity index is 1960. The fraction of sp³-hybridized carbons (Fsp3) is 0.185. The Kier molecular flexibility index (Phi) is 6.43. The number of ether oxygens (including phenoxy) is 1. The predicted octanol–water partition coefficient (Wildman–Crippen LogP) is 3.44. The second-order valence-corrected chi connectivity index (χ2v) is 10.9. The Hall–Kier alpha value is -4.58. The van der Waals surface area contributed by atoms with Gasteiger partial charge in [-0.15, -0.1) is 0 Å². The van der Waals surface area contributed by atoms with Crippen LogP contribution < -0.4 is 15.0 Å². The van der Waals surface area contributed by atoms with Gasteiger partial charge in [-0.1, -0.05) is 0 Å². The van der Waals surface area contributed by atoms with Gasteiger partial charge in [0, 0.05) is 35.0 Å². The van der Waals surface area contributed by atoms with Crippen LogP contribution in [0.25, 0.3) is 33.1 Å². The number of carbonyl (C=O) groups is 1. The molecule has 0 aliphatic rings. The molecule has 5 aromatic rings. The van der Waals surface area contributed by atoms with E-state index in [1.165, 1.54) is 29.8 Å². The SMILES string of the molecule is COc1ccc2cc(Cn3c(C(=O)NS(C)(=O)=O)c(-c4ccc[nH]c4=O)c4nc(C)c(F)cc43)c(C)nc2c1. The summed E-state index contributed by atoms with van der Waals surface area (Å²) >= 11 is 0. The van der Waals surface area contributed by atoms with Crippen molar-refractivity contribution in [2.75, 3.05) is 13.4 Å². The second-order valence-electron chi connectivity index (χ2n) is 9.14. The Morgan fingerprint density at radius 3 is 2.59 bits per heavy atom. The smallest absolute Gasteiger partial charge is 0.282 e. The molecule has 5 rings (SSSR count). The molecule has 0 saturated heterocycles. The number of nitrogens with one attached hydrogen (secondary N) is 2. The Balaban J connectivity index is 1.83. The first-order valence-electron chi connectivity index (χ1n) is 11.8. The average Bonchev–Trinajstić information content (AvgIpc) is 3.16. The molecule has 4 aromatic heterocycles. The normalized spacial score (nSPS) is 11.7. The number of fused-ring (bicyclic) bond motifs is 2. The van der Waals surface area contributed by atoms with Crippen molar-refractivity contribution < 1.29 is 22.3 Å². The second kappa shape index (κ2) is 9.62. The van der Waals surface area contributed by atoms with Crippen molar-refractivity contribution in [3.8, 4) is 16.9 Å². The van der Waals surface area contributed by atoms with Crippen molar-refractivity contribution in [1.29, 1.82) is 0 Å². The number of aromatic nitrogens is 4. The van der Waals surface area contributed by atoms with Crippen molar-refractivity contribution in [2.24, 2.45) is 0 Å². The van der Waals surface area contributed by atoms with Gasteiger partial charge in [0.2, 0.25) is 10.0 Å². The number of H-pyrrole nitrogens is 1. The number of halogens is 1. The molecule has 10 nitrogen and oxygen atoms in total. The largest absolute Gasteiger partial charge is 0.497 e. The summed E-state index contributed by atoms with van der Waals surface area (Å²) < 4.78 is 47.7. The topological polar surface area (TPSA) is 136 Å². The minimum absolute atomic E-state index is 0.0126. The third-order valence-corrected chi connectivity index (χ3v) is 6.95. The lowest BCUT2D eigenvalue weighted by Crippen LogP contribution is -2.32. The highest BCUT2D eigenvalue weighted by molar-refractivity contribution is 7.89. The molecule has 200 valence electrons. The maximum Gasteiger partial charge on any atom is 0.282 e. The van der Waals surface area contributed by atoms with Gasteiger partial charge in [0.05, 0.1) is 47.7 Å². The highest BCUT2D eigenvalue weighted by Gasteiger charge is 2.29. The first-order chi connectivity index (χ1) is 18.5. The number of sulfonamides is 1. The zero-order valence-electron chi connectivity index (χ0n) is 21.5. The number of aromatic amines is 1. The predicted molar refractivity (Wildman–Crippen MR) is 145 cm³/mol. The standard InChI is InChI=1S/C27H24FN5O5S/c1-14-17(10-16-7-8-18(38-3)11-21(16)30-14)13-33-22-12-20(28)15(2)31-24(22)23(19-6-5-9-29-26(19)34)25(33)27(35)32-39(4,36)37/h5-12H,13H2,1-4H3,(H,29,34)(H,32,35). The minimum atomic E-state index is -3.99. The van der Waals surface area contributed by atoms with E-state index in [-0.39, 0.29) is 40.1 Å². The van der Waals surface area contributed by atoms with E-state index in [0.29, 0.717) is 22.5 Å². The quantitative estimate of drug-likeness (QED) is 0.331. The molecule has 0 atom stereocenters. The van der Waals surface area contributed by atoms with E-state index in [2.05, 4.69) is 15.0 Å². The molecule has 0 saturated carbocycles. The lowest BCUT2D eigenvalue weighted by Gasteiger charge is -2.14. The number of rotatable bonds is 6. The van der Waals surface area contributed by atoms with Crippen molar-refractivity contribution in [3.63, 3.8) is 0 Å². The molecule has 0 bridgehead atoms. The number of methoxy groups -OCH3 is 1. The van der Waals surface area contributed by atoms with Gasteiger partial charge in [-0.3, -0.25) is 14.6 Å². The first kappa shape index (κ1) is 26.0. The lowest BCUT2D eigenvalue weighted by atomic mass is 10.1. The Morgan fingerprint density at radius 2 is 1.90 bits per heavy atom. The Labute approximate surface area is 222 Å². The summed E-state index contributed by atoms with van der Waals surface area (Å²) in [4.78, 5) is 38.0. The van der Waals surface area contributed by atoms with Crippen molar-refractivity contribution in [1.82, 2.24) is 24.2 Å². The summed E-state index contributed by atoms with van der Waals surface area (Å²) in [6, 6.07) is 11.6. The molecule has 0 unspecified atom stereocenters. The summed E-state index contributed by atoms with van der Waals surface area (Å²) in [7, 11) is -2.42. The molecule has 4 heterocycles. The number of hydrogen-bond acceptors (Lipinski definition) is 7. The zero-order valence-corrected chi connectivity index (χ0v) is 22.3. The van der Waals surface area contributed by atoms with E-state index in [1.807, 2.05) is 16.9 Å². The molecular weight excluding hydrogens is 525 g/mol. The number of benzene rings is 1. The highest BCUT2D eigenvalue weighted by Crippen LogP contribution is 2.35. The molecular formula is C27H24FN5O5S. The van der Waals surface area contributed by atoms with Crippen molar-refractivity contribution in [2.45, 2.75) is 20.4 Å². The van der Waals surface area contributed by atoms with E-state index in [4.69, 9.17) is 4.74 Å². The van der Waals surface area contributed by atoms with Gasteiger partial charge in [0.15, 0.2) is 0 Å². The van der Waals surface area contributed by atoms with Crippen LogP contribution in [-0.4, -0.2) is 47.2 Å². The number of carbonyl (C=O) groups excluding carboxylic acids is 1. The molecule has 0 aliphatic carbocycles. The average molecular weight is 550 g/mol. The zero-order chi connectivity index (χ0) is 28.1. The lowest BCUT2D eigenvalue weighted by molar-refractivity contribution is 0.0974. The molecule has 1 amide bonds. The van der Waals surface area contributed by atoms with Crippen molar-refractivity contribution in [3.05, 3.63) is 87.5 Å². The maximum absolute atomic E-state index is 14.9. The van der Waals surface area contributed by atoms with Gasteiger partial charge >= 0.3 is 0 Å². The first-order valence-corrected chi connectivity index (χ1v) is 13.7. The van der Waals surface area contributed by atoms with Crippen LogP contribution in [-0.2, 0) is 16.6 Å². The highest BCUT2D eigenvalue weighted by atomic mass is 32.2. The number of nitrogens with zero attached hydrogens (tertiary/aromatic N) is 3. The van der Waals surface area contributed by atoms with E-state index < -0.39 is 27.3 Å². The van der Waals surface area contributed by atoms with Crippen LogP contribution in [0.2, 0.25) is 0 Å². The number of hydrogen-bond donors (Lipinski definition) is 2. The van der Waals surface area contributed by atoms with E-state index in [9.17, 15) is 22.4 Å². The summed E-state index contributed by atoms with van der Waals surface area (Å²) in [5, 5.41) is 0.801. The third kappa shape index (κ3) is 4.86. The van der Waals surface area contributed by atoms with Crippen LogP contribution in [0.5, 0.6) is 5.75 Å². The Morgan fingerprint density at radius 1 is 1.13 bits per heavy atom. The molecule has 0 fully saturated rings. The van der Waals surface area contributed by atoms with Gasteiger partial charge in [0.25, 0.3) is 11.5 Å². The summed E-state index contributed by atoms with van der Waals surface area (Å²) in [5.41, 5.74) is 1.96. The fourth-order valence-electron chi connectivity index (χ4n) is 4.56. The van der Waals surface area contributed by atoms with Crippen LogP contribution in [0.1, 0.15) is 27.4 Å². The molecule has 0 aliphatic heterocycles. The number of amides is 1. The minimum Gasteiger partial charge on any atom is -0.497 e. The van der Waals surface area contributed by atoms with Gasteiger partial charge in [0.1, 0.15) is 17.3 Å². The fourth-order valence-corrected chi connectivity index (χ4v) is 5.00. The summed E-state index contributed by atoms with van der Waals surface area (Å²) in [6.07, 6.45) is 2.28.